The van der Waals surface area contributed by atoms with Gasteiger partial charge < -0.3 is 0 Å². The lowest BCUT2D eigenvalue weighted by molar-refractivity contribution is 0.146. The maximum atomic E-state index is 2.32. The van der Waals surface area contributed by atoms with E-state index < -0.39 is 0 Å². The molecule has 252 valence electrons. The lowest BCUT2D eigenvalue weighted by Crippen LogP contribution is -2.24. The molecule has 0 aromatic heterocycles. The van der Waals surface area contributed by atoms with Crippen molar-refractivity contribution in [2.75, 3.05) is 0 Å². The Morgan fingerprint density at radius 1 is 0.262 bits per heavy atom. The summed E-state index contributed by atoms with van der Waals surface area (Å²) in [7, 11) is 0. The first-order valence-electron chi connectivity index (χ1n) is 20.8. The van der Waals surface area contributed by atoms with Gasteiger partial charge in [-0.05, 0) is 31.1 Å². The highest BCUT2D eigenvalue weighted by atomic mass is 14.4. The topological polar surface area (TPSA) is 0 Å². The van der Waals surface area contributed by atoms with Crippen LogP contribution in [0.1, 0.15) is 264 Å². The van der Waals surface area contributed by atoms with E-state index in [9.17, 15) is 0 Å². The van der Waals surface area contributed by atoms with Crippen LogP contribution in [-0.2, 0) is 0 Å². The van der Waals surface area contributed by atoms with Crippen molar-refractivity contribution < 1.29 is 0 Å². The van der Waals surface area contributed by atoms with Crippen molar-refractivity contribution in [3.63, 3.8) is 0 Å². The van der Waals surface area contributed by atoms with E-state index in [0.29, 0.717) is 0 Å². The van der Waals surface area contributed by atoms with Crippen LogP contribution in [0.3, 0.4) is 0 Å². The second kappa shape index (κ2) is 32.4. The fraction of sp³-hybridized carbons (Fsp3) is 1.00. The van der Waals surface area contributed by atoms with Gasteiger partial charge in [-0.25, -0.2) is 0 Å². The number of unbranched alkanes of at least 4 members (excludes halogenated alkanes) is 30. The summed E-state index contributed by atoms with van der Waals surface area (Å²) >= 11 is 0. The lowest BCUT2D eigenvalue weighted by atomic mass is 9.68. The van der Waals surface area contributed by atoms with Gasteiger partial charge in [-0.2, -0.15) is 0 Å². The van der Waals surface area contributed by atoms with E-state index >= 15 is 0 Å². The second-order valence-corrected chi connectivity index (χ2v) is 15.2. The van der Waals surface area contributed by atoms with Crippen LogP contribution in [0.2, 0.25) is 0 Å². The van der Waals surface area contributed by atoms with Crippen LogP contribution in [0.4, 0.5) is 0 Å². The van der Waals surface area contributed by atoms with Crippen LogP contribution in [0, 0.1) is 5.41 Å². The van der Waals surface area contributed by atoms with Gasteiger partial charge >= 0.3 is 0 Å². The largest absolute Gasteiger partial charge is 0.0654 e. The van der Waals surface area contributed by atoms with Gasteiger partial charge in [0.05, 0.1) is 0 Å². The number of hydrogen-bond donors (Lipinski definition) is 0. The Balaban J connectivity index is 1.90. The summed E-state index contributed by atoms with van der Waals surface area (Å²) < 4.78 is 0. The summed E-state index contributed by atoms with van der Waals surface area (Å²) in [4.78, 5) is 0. The third-order valence-electron chi connectivity index (χ3n) is 11.0. The SMILES string of the molecule is CCCCCCCCCCCCCCCCCCC1(CCCCCCCCCCCCCCCCCC)CCCCC1. The van der Waals surface area contributed by atoms with Crippen molar-refractivity contribution in [2.45, 2.75) is 264 Å². The Morgan fingerprint density at radius 3 is 0.714 bits per heavy atom. The monoisotopic (exact) mass is 589 g/mol. The highest BCUT2D eigenvalue weighted by Gasteiger charge is 2.30. The lowest BCUT2D eigenvalue weighted by Gasteiger charge is -2.38. The van der Waals surface area contributed by atoms with E-state index in [4.69, 9.17) is 0 Å². The standard InChI is InChI=1S/C42H84/c1-3-5-7-9-11-13-15-17-19-21-23-25-27-29-31-34-38-42(40-36-33-37-41-42)39-35-32-30-28-26-24-22-20-18-16-14-12-10-8-6-4-2/h3-41H2,1-2H3. The molecule has 1 fully saturated rings. The molecule has 0 aromatic carbocycles. The van der Waals surface area contributed by atoms with Crippen molar-refractivity contribution in [3.05, 3.63) is 0 Å². The maximum Gasteiger partial charge on any atom is -0.0297 e. The zero-order valence-corrected chi connectivity index (χ0v) is 30.1. The third kappa shape index (κ3) is 26.4. The van der Waals surface area contributed by atoms with E-state index in [0.717, 1.165) is 5.41 Å². The first-order chi connectivity index (χ1) is 20.8. The van der Waals surface area contributed by atoms with E-state index in [1.54, 1.807) is 25.7 Å². The Kier molecular flexibility index (Phi) is 30.9. The minimum Gasteiger partial charge on any atom is -0.0654 e. The van der Waals surface area contributed by atoms with Crippen LogP contribution in [-0.4, -0.2) is 0 Å². The molecule has 0 bridgehead atoms. The molecule has 0 amide bonds. The molecule has 0 aromatic rings. The fourth-order valence-corrected chi connectivity index (χ4v) is 8.02. The molecule has 0 radical (unpaired) electrons. The molecule has 42 heavy (non-hydrogen) atoms. The third-order valence-corrected chi connectivity index (χ3v) is 11.0. The van der Waals surface area contributed by atoms with Crippen molar-refractivity contribution in [1.82, 2.24) is 0 Å². The van der Waals surface area contributed by atoms with E-state index in [-0.39, 0.29) is 0 Å². The predicted octanol–water partition coefficient (Wildman–Crippen LogP) is 16.2. The Hall–Kier alpha value is 0. The predicted molar refractivity (Wildman–Crippen MR) is 194 cm³/mol. The summed E-state index contributed by atoms with van der Waals surface area (Å²) in [6, 6.07) is 0. The van der Waals surface area contributed by atoms with Gasteiger partial charge in [0.25, 0.3) is 0 Å². The molecule has 0 heterocycles. The Bertz CT molecular complexity index is 448. The Labute approximate surface area is 269 Å². The van der Waals surface area contributed by atoms with Gasteiger partial charge in [0.1, 0.15) is 0 Å². The zero-order valence-electron chi connectivity index (χ0n) is 30.1. The summed E-state index contributed by atoms with van der Waals surface area (Å²) in [6.45, 7) is 4.63. The molecule has 0 atom stereocenters. The smallest absolute Gasteiger partial charge is 0.0297 e. The van der Waals surface area contributed by atoms with E-state index in [1.807, 2.05) is 0 Å². The normalized spacial score (nSPS) is 15.0. The summed E-state index contributed by atoms with van der Waals surface area (Å²) in [5, 5.41) is 0. The quantitative estimate of drug-likeness (QED) is 0.0656. The zero-order chi connectivity index (χ0) is 30.1. The molecule has 1 aliphatic carbocycles. The van der Waals surface area contributed by atoms with Crippen LogP contribution >= 0.6 is 0 Å². The average molecular weight is 589 g/mol. The fourth-order valence-electron chi connectivity index (χ4n) is 8.02. The van der Waals surface area contributed by atoms with Gasteiger partial charge in [0.2, 0.25) is 0 Å². The van der Waals surface area contributed by atoms with Crippen molar-refractivity contribution >= 4 is 0 Å². The molecule has 0 saturated heterocycles. The highest BCUT2D eigenvalue weighted by Crippen LogP contribution is 2.44. The number of rotatable bonds is 34. The molecule has 1 aliphatic rings. The summed E-state index contributed by atoms with van der Waals surface area (Å²) in [6.07, 6.45) is 58.4. The van der Waals surface area contributed by atoms with Crippen molar-refractivity contribution in [1.29, 1.82) is 0 Å². The van der Waals surface area contributed by atoms with Crippen LogP contribution in [0.25, 0.3) is 0 Å². The summed E-state index contributed by atoms with van der Waals surface area (Å²) in [5.74, 6) is 0. The summed E-state index contributed by atoms with van der Waals surface area (Å²) in [5.41, 5.74) is 0.754. The first-order valence-corrected chi connectivity index (χ1v) is 20.8. The van der Waals surface area contributed by atoms with Crippen LogP contribution in [0.15, 0.2) is 0 Å². The minimum atomic E-state index is 0.754. The molecule has 0 N–H and O–H groups in total. The molecule has 0 aliphatic heterocycles. The van der Waals surface area contributed by atoms with Gasteiger partial charge in [-0.3, -0.25) is 0 Å². The van der Waals surface area contributed by atoms with Crippen LogP contribution in [0.5, 0.6) is 0 Å². The Morgan fingerprint density at radius 2 is 0.476 bits per heavy atom. The minimum absolute atomic E-state index is 0.754. The van der Waals surface area contributed by atoms with Gasteiger partial charge in [0.15, 0.2) is 0 Å². The molecular formula is C42H84. The molecule has 1 rings (SSSR count). The molecule has 0 unspecified atom stereocenters. The first kappa shape index (κ1) is 40.0. The number of hydrogen-bond acceptors (Lipinski definition) is 0. The molecule has 0 heteroatoms. The molecular weight excluding hydrogens is 504 g/mol. The maximum absolute atomic E-state index is 2.32. The van der Waals surface area contributed by atoms with Gasteiger partial charge in [0, 0.05) is 0 Å². The van der Waals surface area contributed by atoms with Crippen molar-refractivity contribution in [3.8, 4) is 0 Å². The van der Waals surface area contributed by atoms with E-state index in [1.165, 1.54) is 225 Å². The highest BCUT2D eigenvalue weighted by molar-refractivity contribution is 4.83. The molecule has 0 nitrogen and oxygen atoms in total. The molecule has 1 saturated carbocycles. The van der Waals surface area contributed by atoms with Crippen LogP contribution < -0.4 is 0 Å². The van der Waals surface area contributed by atoms with E-state index in [2.05, 4.69) is 13.8 Å². The second-order valence-electron chi connectivity index (χ2n) is 15.2. The molecule has 0 spiro atoms. The average Bonchev–Trinajstić information content (AvgIpc) is 3.01. The van der Waals surface area contributed by atoms with Gasteiger partial charge in [-0.1, -0.05) is 239 Å². The van der Waals surface area contributed by atoms with Crippen molar-refractivity contribution in [2.24, 2.45) is 5.41 Å². The van der Waals surface area contributed by atoms with Gasteiger partial charge in [-0.15, -0.1) is 0 Å².